The van der Waals surface area contributed by atoms with Gasteiger partial charge in [-0.15, -0.1) is 0 Å². The van der Waals surface area contributed by atoms with Gasteiger partial charge in [0.1, 0.15) is 6.04 Å². The number of hydrogen-bond acceptors (Lipinski definition) is 5. The average molecular weight is 496 g/mol. The van der Waals surface area contributed by atoms with Gasteiger partial charge in [-0.1, -0.05) is 54.1 Å². The molecule has 8 nitrogen and oxygen atoms in total. The number of ether oxygens (including phenoxy) is 1. The highest BCUT2D eigenvalue weighted by molar-refractivity contribution is 7.88. The zero-order valence-corrected chi connectivity index (χ0v) is 20.6. The Balaban J connectivity index is 2.25. The third-order valence-corrected chi connectivity index (χ3v) is 6.47. The van der Waals surface area contributed by atoms with Crippen LogP contribution in [0.4, 0.5) is 0 Å². The molecule has 0 saturated carbocycles. The SMILES string of the molecule is COCCNC(=O)[C@@H](C)N(Cc1ccc(Cl)cc1)C(=O)CN(Cc1ccccc1)S(C)(=O)=O. The number of carbonyl (C=O) groups is 2. The van der Waals surface area contributed by atoms with Gasteiger partial charge in [-0.25, -0.2) is 8.42 Å². The van der Waals surface area contributed by atoms with E-state index in [1.807, 2.05) is 6.07 Å². The van der Waals surface area contributed by atoms with Gasteiger partial charge >= 0.3 is 0 Å². The van der Waals surface area contributed by atoms with Crippen LogP contribution < -0.4 is 5.32 Å². The minimum absolute atomic E-state index is 0.0502. The number of rotatable bonds is 12. The molecule has 2 amide bonds. The van der Waals surface area contributed by atoms with E-state index in [0.29, 0.717) is 18.2 Å². The van der Waals surface area contributed by atoms with Crippen molar-refractivity contribution in [3.05, 3.63) is 70.7 Å². The van der Waals surface area contributed by atoms with E-state index < -0.39 is 28.5 Å². The second-order valence-corrected chi connectivity index (χ2v) is 10.0. The van der Waals surface area contributed by atoms with E-state index in [2.05, 4.69) is 5.32 Å². The van der Waals surface area contributed by atoms with Crippen molar-refractivity contribution in [1.29, 1.82) is 0 Å². The molecule has 2 aromatic carbocycles. The number of methoxy groups -OCH3 is 1. The highest BCUT2D eigenvalue weighted by Gasteiger charge is 2.29. The Morgan fingerprint density at radius 1 is 1.03 bits per heavy atom. The van der Waals surface area contributed by atoms with Gasteiger partial charge in [0, 0.05) is 31.8 Å². The Kier molecular flexibility index (Phi) is 10.3. The maximum absolute atomic E-state index is 13.3. The fourth-order valence-corrected chi connectivity index (χ4v) is 3.97. The molecular weight excluding hydrogens is 466 g/mol. The Hall–Kier alpha value is -2.46. The third kappa shape index (κ3) is 8.77. The molecule has 0 aliphatic carbocycles. The first-order chi connectivity index (χ1) is 15.6. The quantitative estimate of drug-likeness (QED) is 0.456. The maximum Gasteiger partial charge on any atom is 0.242 e. The van der Waals surface area contributed by atoms with E-state index in [0.717, 1.165) is 21.7 Å². The predicted molar refractivity (Wildman–Crippen MR) is 128 cm³/mol. The molecule has 0 unspecified atom stereocenters. The van der Waals surface area contributed by atoms with Crippen LogP contribution in [0.2, 0.25) is 5.02 Å². The molecule has 180 valence electrons. The van der Waals surface area contributed by atoms with Gasteiger partial charge in [0.05, 0.1) is 19.4 Å². The lowest BCUT2D eigenvalue weighted by molar-refractivity contribution is -0.140. The van der Waals surface area contributed by atoms with Crippen molar-refractivity contribution in [3.63, 3.8) is 0 Å². The third-order valence-electron chi connectivity index (χ3n) is 5.02. The van der Waals surface area contributed by atoms with Gasteiger partial charge in [-0.2, -0.15) is 4.31 Å². The van der Waals surface area contributed by atoms with Gasteiger partial charge in [0.15, 0.2) is 0 Å². The van der Waals surface area contributed by atoms with Crippen molar-refractivity contribution >= 4 is 33.4 Å². The fraction of sp³-hybridized carbons (Fsp3) is 0.391. The molecule has 0 aliphatic rings. The van der Waals surface area contributed by atoms with Crippen LogP contribution in [0.25, 0.3) is 0 Å². The first kappa shape index (κ1) is 26.8. The van der Waals surface area contributed by atoms with Crippen LogP contribution in [0.5, 0.6) is 0 Å². The van der Waals surface area contributed by atoms with Crippen LogP contribution >= 0.6 is 11.6 Å². The summed E-state index contributed by atoms with van der Waals surface area (Å²) in [6, 6.07) is 15.1. The van der Waals surface area contributed by atoms with Crippen LogP contribution in [-0.4, -0.2) is 68.5 Å². The standard InChI is InChI=1S/C23H30ClN3O5S/c1-18(23(29)25-13-14-32-2)27(16-20-9-11-21(24)12-10-20)22(28)17-26(33(3,30)31)15-19-7-5-4-6-8-19/h4-12,18H,13-17H2,1-3H3,(H,25,29)/t18-/m1/s1. The highest BCUT2D eigenvalue weighted by Crippen LogP contribution is 2.15. The number of hydrogen-bond donors (Lipinski definition) is 1. The van der Waals surface area contributed by atoms with E-state index in [9.17, 15) is 18.0 Å². The molecule has 0 heterocycles. The Morgan fingerprint density at radius 3 is 2.21 bits per heavy atom. The monoisotopic (exact) mass is 495 g/mol. The lowest BCUT2D eigenvalue weighted by Gasteiger charge is -2.31. The normalized spacial score (nSPS) is 12.4. The molecule has 1 atom stereocenters. The molecule has 0 bridgehead atoms. The molecule has 0 saturated heterocycles. The summed E-state index contributed by atoms with van der Waals surface area (Å²) in [5, 5.41) is 3.28. The first-order valence-corrected chi connectivity index (χ1v) is 12.6. The molecular formula is C23H30ClN3O5S. The van der Waals surface area contributed by atoms with Crippen LogP contribution in [0.15, 0.2) is 54.6 Å². The van der Waals surface area contributed by atoms with Gasteiger partial charge in [-0.05, 0) is 30.2 Å². The summed E-state index contributed by atoms with van der Waals surface area (Å²) >= 11 is 5.96. The summed E-state index contributed by atoms with van der Waals surface area (Å²) in [4.78, 5) is 27.4. The maximum atomic E-state index is 13.3. The number of carbonyl (C=O) groups excluding carboxylic acids is 2. The van der Waals surface area contributed by atoms with E-state index in [4.69, 9.17) is 16.3 Å². The molecule has 1 N–H and O–H groups in total. The van der Waals surface area contributed by atoms with Crippen LogP contribution in [0, 0.1) is 0 Å². The van der Waals surface area contributed by atoms with Crippen LogP contribution in [-0.2, 0) is 37.4 Å². The van der Waals surface area contributed by atoms with E-state index in [1.165, 1.54) is 12.0 Å². The summed E-state index contributed by atoms with van der Waals surface area (Å²) in [5.41, 5.74) is 1.52. The molecule has 0 aromatic heterocycles. The zero-order valence-electron chi connectivity index (χ0n) is 19.0. The van der Waals surface area contributed by atoms with Crippen molar-refractivity contribution in [1.82, 2.24) is 14.5 Å². The number of amides is 2. The molecule has 10 heteroatoms. The lowest BCUT2D eigenvalue weighted by atomic mass is 10.1. The van der Waals surface area contributed by atoms with E-state index >= 15 is 0 Å². The molecule has 0 fully saturated rings. The zero-order chi connectivity index (χ0) is 24.4. The first-order valence-electron chi connectivity index (χ1n) is 10.4. The minimum atomic E-state index is -3.68. The Morgan fingerprint density at radius 2 is 1.64 bits per heavy atom. The fourth-order valence-electron chi connectivity index (χ4n) is 3.11. The van der Waals surface area contributed by atoms with Crippen molar-refractivity contribution in [2.75, 3.05) is 33.1 Å². The van der Waals surface area contributed by atoms with Crippen molar-refractivity contribution in [3.8, 4) is 0 Å². The number of halogens is 1. The number of nitrogens with one attached hydrogen (secondary N) is 1. The van der Waals surface area contributed by atoms with Crippen molar-refractivity contribution < 1.29 is 22.7 Å². The Bertz CT molecular complexity index is 1020. The number of sulfonamides is 1. The second kappa shape index (κ2) is 12.7. The smallest absolute Gasteiger partial charge is 0.242 e. The Labute approximate surface area is 200 Å². The summed E-state index contributed by atoms with van der Waals surface area (Å²) in [6.45, 7) is 2.02. The summed E-state index contributed by atoms with van der Waals surface area (Å²) in [7, 11) is -2.16. The van der Waals surface area contributed by atoms with Gasteiger partial charge in [0.25, 0.3) is 0 Å². The van der Waals surface area contributed by atoms with Gasteiger partial charge in [-0.3, -0.25) is 9.59 Å². The molecule has 0 radical (unpaired) electrons. The van der Waals surface area contributed by atoms with Crippen LogP contribution in [0.3, 0.4) is 0 Å². The average Bonchev–Trinajstić information content (AvgIpc) is 2.78. The van der Waals surface area contributed by atoms with Gasteiger partial charge in [0.2, 0.25) is 21.8 Å². The number of nitrogens with zero attached hydrogens (tertiary/aromatic N) is 2. The molecule has 0 spiro atoms. The minimum Gasteiger partial charge on any atom is -0.383 e. The summed E-state index contributed by atoms with van der Waals surface area (Å²) in [6.07, 6.45) is 1.06. The van der Waals surface area contributed by atoms with Crippen molar-refractivity contribution in [2.24, 2.45) is 0 Å². The van der Waals surface area contributed by atoms with Crippen molar-refractivity contribution in [2.45, 2.75) is 26.1 Å². The topological polar surface area (TPSA) is 96.0 Å². The molecule has 33 heavy (non-hydrogen) atoms. The number of benzene rings is 2. The lowest BCUT2D eigenvalue weighted by Crippen LogP contribution is -2.51. The summed E-state index contributed by atoms with van der Waals surface area (Å²) < 4.78 is 30.9. The van der Waals surface area contributed by atoms with Crippen LogP contribution in [0.1, 0.15) is 18.1 Å². The molecule has 2 rings (SSSR count). The largest absolute Gasteiger partial charge is 0.383 e. The van der Waals surface area contributed by atoms with E-state index in [1.54, 1.807) is 55.5 Å². The second-order valence-electron chi connectivity index (χ2n) is 7.62. The van der Waals surface area contributed by atoms with Gasteiger partial charge < -0.3 is 15.0 Å². The summed E-state index contributed by atoms with van der Waals surface area (Å²) in [5.74, 6) is -0.843. The highest BCUT2D eigenvalue weighted by atomic mass is 35.5. The predicted octanol–water partition coefficient (Wildman–Crippen LogP) is 2.28. The van der Waals surface area contributed by atoms with E-state index in [-0.39, 0.29) is 19.0 Å². The molecule has 0 aliphatic heterocycles. The molecule has 2 aromatic rings.